The fourth-order valence-electron chi connectivity index (χ4n) is 3.57. The van der Waals surface area contributed by atoms with Gasteiger partial charge >= 0.3 is 6.09 Å². The normalized spacial score (nSPS) is 18.8. The number of aromatic nitrogens is 2. The first-order valence-electron chi connectivity index (χ1n) is 8.99. The topological polar surface area (TPSA) is 67.7 Å². The Kier molecular flexibility index (Phi) is 4.92. The van der Waals surface area contributed by atoms with Gasteiger partial charge in [0.05, 0.1) is 11.5 Å². The standard InChI is InChI=1S/C18H22N4O3S/c23-17(13-21-10-6-15(19-21)16-3-1-12-26-16)20-8-4-14(5-9-20)22-7-2-11-25-18(22)24/h1,3,6,10,12,14H,2,4-5,7-9,11,13H2. The SMILES string of the molecule is O=C(Cn1ccc(-c2cccs2)n1)N1CCC(N2CCCOC2=O)CC1. The van der Waals surface area contributed by atoms with Crippen molar-refractivity contribution in [3.05, 3.63) is 29.8 Å². The third-order valence-corrected chi connectivity index (χ3v) is 5.87. The van der Waals surface area contributed by atoms with Gasteiger partial charge < -0.3 is 14.5 Å². The molecule has 0 aliphatic carbocycles. The number of thiophene rings is 1. The molecule has 26 heavy (non-hydrogen) atoms. The first kappa shape index (κ1) is 17.1. The number of carbonyl (C=O) groups excluding carboxylic acids is 2. The van der Waals surface area contributed by atoms with Crippen LogP contribution in [0, 0.1) is 0 Å². The van der Waals surface area contributed by atoms with Crippen molar-refractivity contribution < 1.29 is 14.3 Å². The molecule has 2 saturated heterocycles. The highest BCUT2D eigenvalue weighted by atomic mass is 32.1. The summed E-state index contributed by atoms with van der Waals surface area (Å²) in [6.45, 7) is 2.88. The quantitative estimate of drug-likeness (QED) is 0.824. The lowest BCUT2D eigenvalue weighted by Crippen LogP contribution is -2.51. The summed E-state index contributed by atoms with van der Waals surface area (Å²) < 4.78 is 6.83. The highest BCUT2D eigenvalue weighted by Crippen LogP contribution is 2.23. The van der Waals surface area contributed by atoms with Crippen LogP contribution < -0.4 is 0 Å². The molecule has 0 aromatic carbocycles. The van der Waals surface area contributed by atoms with Crippen molar-refractivity contribution in [1.29, 1.82) is 0 Å². The van der Waals surface area contributed by atoms with Crippen molar-refractivity contribution in [3.63, 3.8) is 0 Å². The third kappa shape index (κ3) is 3.60. The van der Waals surface area contributed by atoms with Crippen molar-refractivity contribution in [3.8, 4) is 10.6 Å². The Morgan fingerprint density at radius 2 is 2.12 bits per heavy atom. The van der Waals surface area contributed by atoms with E-state index in [0.717, 1.165) is 36.4 Å². The average molecular weight is 374 g/mol. The Labute approximate surface area is 156 Å². The second-order valence-electron chi connectivity index (χ2n) is 6.65. The van der Waals surface area contributed by atoms with E-state index < -0.39 is 0 Å². The minimum atomic E-state index is -0.210. The first-order chi connectivity index (χ1) is 12.7. The van der Waals surface area contributed by atoms with E-state index in [1.54, 1.807) is 16.0 Å². The van der Waals surface area contributed by atoms with Gasteiger partial charge in [-0.15, -0.1) is 11.3 Å². The van der Waals surface area contributed by atoms with Crippen LogP contribution in [0.4, 0.5) is 4.79 Å². The number of rotatable bonds is 4. The monoisotopic (exact) mass is 374 g/mol. The molecule has 0 radical (unpaired) electrons. The van der Waals surface area contributed by atoms with Crippen LogP contribution in [0.5, 0.6) is 0 Å². The molecule has 2 aliphatic heterocycles. The Bertz CT molecular complexity index is 765. The van der Waals surface area contributed by atoms with Gasteiger partial charge in [-0.25, -0.2) is 4.79 Å². The molecule has 2 aliphatic rings. The van der Waals surface area contributed by atoms with Gasteiger partial charge in [0.25, 0.3) is 0 Å². The van der Waals surface area contributed by atoms with E-state index in [-0.39, 0.29) is 24.6 Å². The van der Waals surface area contributed by atoms with Crippen LogP contribution in [-0.4, -0.2) is 63.9 Å². The molecule has 2 aromatic heterocycles. The van der Waals surface area contributed by atoms with Crippen LogP contribution in [0.3, 0.4) is 0 Å². The van der Waals surface area contributed by atoms with Crippen LogP contribution >= 0.6 is 11.3 Å². The largest absolute Gasteiger partial charge is 0.449 e. The van der Waals surface area contributed by atoms with Crippen LogP contribution in [0.25, 0.3) is 10.6 Å². The van der Waals surface area contributed by atoms with E-state index in [0.29, 0.717) is 19.7 Å². The molecule has 0 N–H and O–H groups in total. The number of hydrogen-bond acceptors (Lipinski definition) is 5. The highest BCUT2D eigenvalue weighted by Gasteiger charge is 2.31. The summed E-state index contributed by atoms with van der Waals surface area (Å²) in [4.78, 5) is 29.2. The molecule has 0 bridgehead atoms. The number of cyclic esters (lactones) is 1. The predicted molar refractivity (Wildman–Crippen MR) is 97.8 cm³/mol. The minimum absolute atomic E-state index is 0.0745. The molecular weight excluding hydrogens is 352 g/mol. The first-order valence-corrected chi connectivity index (χ1v) is 9.87. The summed E-state index contributed by atoms with van der Waals surface area (Å²) in [5.74, 6) is 0.0745. The van der Waals surface area contributed by atoms with Crippen molar-refractivity contribution in [1.82, 2.24) is 19.6 Å². The lowest BCUT2D eigenvalue weighted by molar-refractivity contribution is -0.133. The zero-order chi connectivity index (χ0) is 17.9. The second-order valence-corrected chi connectivity index (χ2v) is 7.60. The molecule has 138 valence electrons. The van der Waals surface area contributed by atoms with Crippen LogP contribution in [0.15, 0.2) is 29.8 Å². The molecule has 0 spiro atoms. The number of likely N-dealkylation sites (tertiary alicyclic amines) is 1. The summed E-state index contributed by atoms with van der Waals surface area (Å²) in [6.07, 6.45) is 4.14. The zero-order valence-corrected chi connectivity index (χ0v) is 15.4. The van der Waals surface area contributed by atoms with Gasteiger partial charge in [-0.2, -0.15) is 5.10 Å². The second kappa shape index (κ2) is 7.49. The van der Waals surface area contributed by atoms with Crippen LogP contribution in [-0.2, 0) is 16.1 Å². The number of piperidine rings is 1. The molecule has 2 fully saturated rings. The van der Waals surface area contributed by atoms with Crippen LogP contribution in [0.1, 0.15) is 19.3 Å². The summed E-state index contributed by atoms with van der Waals surface area (Å²) in [5.41, 5.74) is 0.898. The average Bonchev–Trinajstić information content (AvgIpc) is 3.34. The van der Waals surface area contributed by atoms with Gasteiger partial charge in [-0.1, -0.05) is 6.07 Å². The Morgan fingerprint density at radius 3 is 2.85 bits per heavy atom. The molecule has 0 atom stereocenters. The minimum Gasteiger partial charge on any atom is -0.449 e. The van der Waals surface area contributed by atoms with E-state index in [4.69, 9.17) is 4.74 Å². The molecule has 2 aromatic rings. The summed E-state index contributed by atoms with van der Waals surface area (Å²) in [5, 5.41) is 6.51. The summed E-state index contributed by atoms with van der Waals surface area (Å²) >= 11 is 1.64. The maximum Gasteiger partial charge on any atom is 0.410 e. The molecule has 8 heteroatoms. The van der Waals surface area contributed by atoms with Gasteiger partial charge in [-0.3, -0.25) is 9.48 Å². The lowest BCUT2D eigenvalue weighted by atomic mass is 10.0. The van der Waals surface area contributed by atoms with E-state index in [2.05, 4.69) is 5.10 Å². The summed E-state index contributed by atoms with van der Waals surface area (Å²) in [6, 6.07) is 6.14. The smallest absolute Gasteiger partial charge is 0.410 e. The number of amides is 2. The molecule has 4 rings (SSSR count). The third-order valence-electron chi connectivity index (χ3n) is 4.97. The van der Waals surface area contributed by atoms with E-state index in [1.165, 1.54) is 0 Å². The number of carbonyl (C=O) groups is 2. The molecule has 2 amide bonds. The Morgan fingerprint density at radius 1 is 1.27 bits per heavy atom. The zero-order valence-electron chi connectivity index (χ0n) is 14.5. The van der Waals surface area contributed by atoms with E-state index in [9.17, 15) is 9.59 Å². The van der Waals surface area contributed by atoms with E-state index in [1.807, 2.05) is 39.6 Å². The molecule has 0 unspecified atom stereocenters. The van der Waals surface area contributed by atoms with Crippen molar-refractivity contribution >= 4 is 23.3 Å². The Hall–Kier alpha value is -2.35. The predicted octanol–water partition coefficient (Wildman–Crippen LogP) is 2.44. The molecule has 7 nitrogen and oxygen atoms in total. The number of hydrogen-bond donors (Lipinski definition) is 0. The van der Waals surface area contributed by atoms with Crippen LogP contribution in [0.2, 0.25) is 0 Å². The molecular formula is C18H22N4O3S. The fourth-order valence-corrected chi connectivity index (χ4v) is 4.26. The lowest BCUT2D eigenvalue weighted by Gasteiger charge is -2.39. The van der Waals surface area contributed by atoms with Gasteiger partial charge in [0.1, 0.15) is 12.2 Å². The van der Waals surface area contributed by atoms with Gasteiger partial charge in [0, 0.05) is 31.9 Å². The number of nitrogens with zero attached hydrogens (tertiary/aromatic N) is 4. The maximum atomic E-state index is 12.6. The molecule has 0 saturated carbocycles. The number of ether oxygens (including phenoxy) is 1. The van der Waals surface area contributed by atoms with Gasteiger partial charge in [0.2, 0.25) is 5.91 Å². The van der Waals surface area contributed by atoms with E-state index >= 15 is 0 Å². The van der Waals surface area contributed by atoms with Crippen molar-refractivity contribution in [2.45, 2.75) is 31.8 Å². The van der Waals surface area contributed by atoms with Gasteiger partial charge in [-0.05, 0) is 36.8 Å². The molecule has 4 heterocycles. The highest BCUT2D eigenvalue weighted by molar-refractivity contribution is 7.13. The summed E-state index contributed by atoms with van der Waals surface area (Å²) in [7, 11) is 0. The maximum absolute atomic E-state index is 12.6. The fraction of sp³-hybridized carbons (Fsp3) is 0.500. The Balaban J connectivity index is 1.30. The van der Waals surface area contributed by atoms with Crippen molar-refractivity contribution in [2.75, 3.05) is 26.2 Å². The van der Waals surface area contributed by atoms with Gasteiger partial charge in [0.15, 0.2) is 0 Å². The van der Waals surface area contributed by atoms with Crippen molar-refractivity contribution in [2.24, 2.45) is 0 Å².